The summed E-state index contributed by atoms with van der Waals surface area (Å²) in [5.41, 5.74) is 6.29. The molecule has 32 heavy (non-hydrogen) atoms. The van der Waals surface area contributed by atoms with Crippen LogP contribution < -0.4 is 15.0 Å². The van der Waals surface area contributed by atoms with E-state index < -0.39 is 0 Å². The predicted octanol–water partition coefficient (Wildman–Crippen LogP) is 4.65. The van der Waals surface area contributed by atoms with Crippen molar-refractivity contribution in [3.8, 4) is 11.5 Å². The van der Waals surface area contributed by atoms with Crippen LogP contribution in [0.5, 0.6) is 11.5 Å². The number of carbonyl (C=O) groups is 1. The van der Waals surface area contributed by atoms with Crippen LogP contribution in [0.1, 0.15) is 55.2 Å². The average molecular weight is 441 g/mol. The fraction of sp³-hybridized carbons (Fsp3) is 0.500. The fourth-order valence-electron chi connectivity index (χ4n) is 4.11. The van der Waals surface area contributed by atoms with Crippen molar-refractivity contribution in [3.05, 3.63) is 59.2 Å². The van der Waals surface area contributed by atoms with Gasteiger partial charge in [0.05, 0.1) is 20.8 Å². The summed E-state index contributed by atoms with van der Waals surface area (Å²) in [6.07, 6.45) is 7.09. The van der Waals surface area contributed by atoms with E-state index in [4.69, 9.17) is 14.3 Å². The third-order valence-electron chi connectivity index (χ3n) is 5.94. The lowest BCUT2D eigenvalue weighted by molar-refractivity contribution is -0.134. The number of hydroxylamine groups is 1. The van der Waals surface area contributed by atoms with Crippen LogP contribution in [0.3, 0.4) is 0 Å². The largest absolute Gasteiger partial charge is 0.493 e. The van der Waals surface area contributed by atoms with Crippen LogP contribution >= 0.6 is 0 Å². The van der Waals surface area contributed by atoms with Gasteiger partial charge in [0.1, 0.15) is 0 Å². The number of nitrogens with zero attached hydrogens (tertiary/aromatic N) is 1. The van der Waals surface area contributed by atoms with Gasteiger partial charge >= 0.3 is 0 Å². The molecular formula is C26H36N2O4. The molecule has 2 aromatic carbocycles. The third-order valence-corrected chi connectivity index (χ3v) is 5.94. The van der Waals surface area contributed by atoms with E-state index in [1.165, 1.54) is 24.0 Å². The Balaban J connectivity index is 1.23. The third kappa shape index (κ3) is 7.53. The highest BCUT2D eigenvalue weighted by Crippen LogP contribution is 2.33. The summed E-state index contributed by atoms with van der Waals surface area (Å²) in [7, 11) is 3.37. The topological polar surface area (TPSA) is 60.0 Å². The molecule has 0 saturated heterocycles. The van der Waals surface area contributed by atoms with Gasteiger partial charge in [0, 0.05) is 19.5 Å². The highest BCUT2D eigenvalue weighted by molar-refractivity contribution is 5.74. The van der Waals surface area contributed by atoms with Crippen LogP contribution in [0.2, 0.25) is 0 Å². The number of carbonyl (C=O) groups excluding carboxylic acids is 1. The normalized spacial score (nSPS) is 13.4. The first kappa shape index (κ1) is 24.1. The Morgan fingerprint density at radius 2 is 1.62 bits per heavy atom. The second kappa shape index (κ2) is 13.1. The van der Waals surface area contributed by atoms with Crippen LogP contribution in [-0.4, -0.2) is 38.1 Å². The summed E-state index contributed by atoms with van der Waals surface area (Å²) >= 11 is 0. The molecule has 0 aromatic heterocycles. The van der Waals surface area contributed by atoms with Crippen molar-refractivity contribution in [1.29, 1.82) is 0 Å². The van der Waals surface area contributed by atoms with Crippen molar-refractivity contribution < 1.29 is 19.1 Å². The van der Waals surface area contributed by atoms with Crippen molar-refractivity contribution in [2.45, 2.75) is 58.1 Å². The summed E-state index contributed by atoms with van der Waals surface area (Å²) in [5.74, 6) is 1.58. The van der Waals surface area contributed by atoms with Crippen molar-refractivity contribution in [3.63, 3.8) is 0 Å². The molecule has 0 aliphatic carbocycles. The lowest BCUT2D eigenvalue weighted by atomic mass is 9.98. The monoisotopic (exact) mass is 440 g/mol. The molecule has 1 heterocycles. The van der Waals surface area contributed by atoms with Gasteiger partial charge in [-0.15, -0.1) is 0 Å². The van der Waals surface area contributed by atoms with Gasteiger partial charge in [-0.05, 0) is 54.6 Å². The Kier molecular flexibility index (Phi) is 9.85. The average Bonchev–Trinajstić information content (AvgIpc) is 2.83. The van der Waals surface area contributed by atoms with Gasteiger partial charge in [-0.3, -0.25) is 14.5 Å². The minimum atomic E-state index is -0.0417. The van der Waals surface area contributed by atoms with E-state index in [1.54, 1.807) is 14.2 Å². The van der Waals surface area contributed by atoms with Gasteiger partial charge < -0.3 is 9.47 Å². The number of amides is 1. The van der Waals surface area contributed by atoms with E-state index in [-0.39, 0.29) is 5.91 Å². The number of nitrogens with one attached hydrogen (secondary N) is 1. The molecule has 1 amide bonds. The maximum atomic E-state index is 11.9. The summed E-state index contributed by atoms with van der Waals surface area (Å²) in [5, 5.41) is 0. The maximum Gasteiger partial charge on any atom is 0.243 e. The fourth-order valence-corrected chi connectivity index (χ4v) is 4.11. The van der Waals surface area contributed by atoms with Crippen LogP contribution in [0.25, 0.3) is 0 Å². The van der Waals surface area contributed by atoms with E-state index in [9.17, 15) is 4.79 Å². The molecule has 1 aliphatic heterocycles. The number of benzene rings is 2. The SMILES string of the molecule is COc1cc2c(cc1OC)CN(CCCCCCCC(=O)NOCc1ccccc1)CC2. The molecule has 3 rings (SSSR count). The minimum absolute atomic E-state index is 0.0417. The van der Waals surface area contributed by atoms with Crippen molar-refractivity contribution >= 4 is 5.91 Å². The summed E-state index contributed by atoms with van der Waals surface area (Å²) in [4.78, 5) is 19.7. The lowest BCUT2D eigenvalue weighted by Crippen LogP contribution is -2.31. The van der Waals surface area contributed by atoms with E-state index in [2.05, 4.69) is 22.5 Å². The molecule has 0 saturated carbocycles. The second-order valence-electron chi connectivity index (χ2n) is 8.32. The molecule has 0 fully saturated rings. The standard InChI is InChI=1S/C26H36N2O4/c1-30-24-17-22-14-16-28(19-23(22)18-25(24)31-2)15-10-5-3-4-9-13-26(29)27-32-20-21-11-7-6-8-12-21/h6-8,11-12,17-18H,3-5,9-10,13-16,19-20H2,1-2H3,(H,27,29). The molecule has 0 spiro atoms. The number of hydrogen-bond acceptors (Lipinski definition) is 5. The van der Waals surface area contributed by atoms with Gasteiger partial charge in [0.15, 0.2) is 11.5 Å². The van der Waals surface area contributed by atoms with Gasteiger partial charge in [0.25, 0.3) is 0 Å². The Labute approximate surface area is 191 Å². The van der Waals surface area contributed by atoms with Crippen molar-refractivity contribution in [2.75, 3.05) is 27.3 Å². The minimum Gasteiger partial charge on any atom is -0.493 e. The highest BCUT2D eigenvalue weighted by atomic mass is 16.6. The van der Waals surface area contributed by atoms with Crippen LogP contribution in [-0.2, 0) is 29.2 Å². The van der Waals surface area contributed by atoms with Crippen LogP contribution in [0.15, 0.2) is 42.5 Å². The molecule has 6 nitrogen and oxygen atoms in total. The van der Waals surface area contributed by atoms with E-state index in [0.717, 1.165) is 62.4 Å². The molecule has 0 unspecified atom stereocenters. The number of ether oxygens (including phenoxy) is 2. The Hall–Kier alpha value is -2.57. The first-order valence-electron chi connectivity index (χ1n) is 11.6. The number of methoxy groups -OCH3 is 2. The quantitative estimate of drug-likeness (QED) is 0.363. The van der Waals surface area contributed by atoms with Crippen molar-refractivity contribution in [1.82, 2.24) is 10.4 Å². The number of hydrogen-bond donors (Lipinski definition) is 1. The molecule has 0 radical (unpaired) electrons. The summed E-state index contributed by atoms with van der Waals surface area (Å²) in [6, 6.07) is 14.1. The first-order valence-corrected chi connectivity index (χ1v) is 11.6. The second-order valence-corrected chi connectivity index (χ2v) is 8.32. The molecule has 2 aromatic rings. The molecule has 174 valence electrons. The molecule has 0 bridgehead atoms. The Bertz CT molecular complexity index is 841. The number of fused-ring (bicyclic) bond motifs is 1. The first-order chi connectivity index (χ1) is 15.7. The molecule has 6 heteroatoms. The summed E-state index contributed by atoms with van der Waals surface area (Å²) < 4.78 is 10.9. The van der Waals surface area contributed by atoms with Crippen LogP contribution in [0.4, 0.5) is 0 Å². The summed E-state index contributed by atoms with van der Waals surface area (Å²) in [6.45, 7) is 3.57. The molecule has 1 N–H and O–H groups in total. The zero-order chi connectivity index (χ0) is 22.6. The van der Waals surface area contributed by atoms with Crippen molar-refractivity contribution in [2.24, 2.45) is 0 Å². The van der Waals surface area contributed by atoms with Crippen LogP contribution in [0, 0.1) is 0 Å². The number of unbranched alkanes of at least 4 members (excludes halogenated alkanes) is 4. The zero-order valence-electron chi connectivity index (χ0n) is 19.4. The maximum absolute atomic E-state index is 11.9. The molecular weight excluding hydrogens is 404 g/mol. The smallest absolute Gasteiger partial charge is 0.243 e. The zero-order valence-corrected chi connectivity index (χ0v) is 19.4. The highest BCUT2D eigenvalue weighted by Gasteiger charge is 2.19. The predicted molar refractivity (Wildman–Crippen MR) is 126 cm³/mol. The van der Waals surface area contributed by atoms with E-state index in [0.29, 0.717) is 13.0 Å². The van der Waals surface area contributed by atoms with E-state index in [1.807, 2.05) is 30.3 Å². The van der Waals surface area contributed by atoms with E-state index >= 15 is 0 Å². The lowest BCUT2D eigenvalue weighted by Gasteiger charge is -2.29. The Morgan fingerprint density at radius 3 is 2.38 bits per heavy atom. The Morgan fingerprint density at radius 1 is 0.938 bits per heavy atom. The molecule has 0 atom stereocenters. The molecule has 1 aliphatic rings. The van der Waals surface area contributed by atoms with Gasteiger partial charge in [-0.25, -0.2) is 5.48 Å². The number of rotatable bonds is 13. The van der Waals surface area contributed by atoms with Gasteiger partial charge in [-0.2, -0.15) is 0 Å². The van der Waals surface area contributed by atoms with Gasteiger partial charge in [0.2, 0.25) is 5.91 Å². The van der Waals surface area contributed by atoms with Gasteiger partial charge in [-0.1, -0.05) is 49.6 Å².